The lowest BCUT2D eigenvalue weighted by Gasteiger charge is -2.12. The lowest BCUT2D eigenvalue weighted by atomic mass is 10.1. The van der Waals surface area contributed by atoms with Gasteiger partial charge in [-0.2, -0.15) is 0 Å². The van der Waals surface area contributed by atoms with Gasteiger partial charge < -0.3 is 10.4 Å². The van der Waals surface area contributed by atoms with E-state index in [0.717, 1.165) is 17.8 Å². The van der Waals surface area contributed by atoms with Crippen molar-refractivity contribution in [1.82, 2.24) is 5.32 Å². The Balaban J connectivity index is 2.70. The second-order valence-electron chi connectivity index (χ2n) is 3.90. The smallest absolute Gasteiger partial charge is 0.326 e. The second kappa shape index (κ2) is 6.83. The van der Waals surface area contributed by atoms with Gasteiger partial charge in [0.05, 0.1) is 9.80 Å². The van der Waals surface area contributed by atoms with Crippen molar-refractivity contribution in [3.8, 4) is 0 Å². The van der Waals surface area contributed by atoms with E-state index in [4.69, 9.17) is 5.11 Å². The summed E-state index contributed by atoms with van der Waals surface area (Å²) in [6, 6.07) is 1.58. The van der Waals surface area contributed by atoms with Crippen LogP contribution in [0, 0.1) is 10.1 Å². The van der Waals surface area contributed by atoms with Crippen molar-refractivity contribution in [2.24, 2.45) is 0 Å². The van der Waals surface area contributed by atoms with Gasteiger partial charge in [-0.05, 0) is 12.5 Å². The van der Waals surface area contributed by atoms with Gasteiger partial charge in [-0.3, -0.25) is 14.9 Å². The Kier molecular flexibility index (Phi) is 5.43. The average molecular weight is 286 g/mol. The molecular weight excluding hydrogens is 272 g/mol. The van der Waals surface area contributed by atoms with Crippen molar-refractivity contribution in [2.75, 3.05) is 0 Å². The predicted molar refractivity (Wildman–Crippen MR) is 69.4 cm³/mol. The van der Waals surface area contributed by atoms with Crippen molar-refractivity contribution in [3.05, 3.63) is 27.1 Å². The number of nitro groups is 1. The van der Waals surface area contributed by atoms with E-state index in [2.05, 4.69) is 5.32 Å². The fourth-order valence-corrected chi connectivity index (χ4v) is 2.17. The minimum Gasteiger partial charge on any atom is -0.480 e. The minimum atomic E-state index is -1.10. The summed E-state index contributed by atoms with van der Waals surface area (Å²) >= 11 is 0.723. The number of aliphatic carboxylic acids is 1. The van der Waals surface area contributed by atoms with Crippen molar-refractivity contribution in [3.63, 3.8) is 0 Å². The van der Waals surface area contributed by atoms with E-state index >= 15 is 0 Å². The highest BCUT2D eigenvalue weighted by molar-refractivity contribution is 7.17. The molecule has 0 aliphatic heterocycles. The molecule has 1 amide bonds. The Morgan fingerprint density at radius 2 is 2.21 bits per heavy atom. The molecule has 1 aromatic heterocycles. The highest BCUT2D eigenvalue weighted by Crippen LogP contribution is 2.23. The molecule has 1 unspecified atom stereocenters. The number of carbonyl (C=O) groups is 2. The number of rotatable bonds is 7. The van der Waals surface area contributed by atoms with Crippen molar-refractivity contribution >= 4 is 28.2 Å². The molecule has 0 fully saturated rings. The summed E-state index contributed by atoms with van der Waals surface area (Å²) in [5.74, 6) is -1.70. The Morgan fingerprint density at radius 1 is 1.53 bits per heavy atom. The molecule has 1 rings (SSSR count). The standard InChI is InChI=1S/C11H14N2O5S/c1-2-3-4-7(11(15)16)12-10(14)8-5-6-9(19-8)13(17)18/h5-7H,2-4H2,1H3,(H,12,14)(H,15,16). The molecular formula is C11H14N2O5S. The molecule has 0 aliphatic carbocycles. The zero-order valence-corrected chi connectivity index (χ0v) is 11.1. The second-order valence-corrected chi connectivity index (χ2v) is 4.96. The number of nitrogens with one attached hydrogen (secondary N) is 1. The van der Waals surface area contributed by atoms with Gasteiger partial charge in [0.25, 0.3) is 5.91 Å². The zero-order valence-electron chi connectivity index (χ0n) is 10.3. The fourth-order valence-electron chi connectivity index (χ4n) is 1.44. The number of hydrogen-bond donors (Lipinski definition) is 2. The van der Waals surface area contributed by atoms with Crippen LogP contribution in [-0.4, -0.2) is 27.9 Å². The third kappa shape index (κ3) is 4.32. The van der Waals surface area contributed by atoms with Gasteiger partial charge in [0, 0.05) is 6.07 Å². The van der Waals surface area contributed by atoms with Crippen molar-refractivity contribution in [1.29, 1.82) is 0 Å². The quantitative estimate of drug-likeness (QED) is 0.588. The summed E-state index contributed by atoms with van der Waals surface area (Å²) in [6.45, 7) is 1.92. The van der Waals surface area contributed by atoms with Gasteiger partial charge in [-0.1, -0.05) is 31.1 Å². The molecule has 1 heterocycles. The molecule has 7 nitrogen and oxygen atoms in total. The van der Waals surface area contributed by atoms with Crippen LogP contribution in [0.2, 0.25) is 0 Å². The zero-order chi connectivity index (χ0) is 14.4. The third-order valence-corrected chi connectivity index (χ3v) is 3.48. The maximum Gasteiger partial charge on any atom is 0.326 e. The van der Waals surface area contributed by atoms with Crippen LogP contribution in [0.15, 0.2) is 12.1 Å². The summed E-state index contributed by atoms with van der Waals surface area (Å²) in [5, 5.41) is 21.7. The maximum atomic E-state index is 11.8. The number of nitrogens with zero attached hydrogens (tertiary/aromatic N) is 1. The summed E-state index contributed by atoms with van der Waals surface area (Å²) < 4.78 is 0. The van der Waals surface area contributed by atoms with Gasteiger partial charge in [-0.15, -0.1) is 0 Å². The van der Waals surface area contributed by atoms with Gasteiger partial charge in [-0.25, -0.2) is 4.79 Å². The number of carboxylic acids is 1. The number of hydrogen-bond acceptors (Lipinski definition) is 5. The van der Waals surface area contributed by atoms with Crippen molar-refractivity contribution in [2.45, 2.75) is 32.2 Å². The molecule has 1 aromatic rings. The Morgan fingerprint density at radius 3 is 2.68 bits per heavy atom. The first kappa shape index (κ1) is 15.1. The van der Waals surface area contributed by atoms with Crippen LogP contribution in [0.25, 0.3) is 0 Å². The van der Waals surface area contributed by atoms with E-state index in [1.165, 1.54) is 12.1 Å². The molecule has 0 aliphatic rings. The number of carbonyl (C=O) groups excluding carboxylic acids is 1. The van der Waals surface area contributed by atoms with Crippen LogP contribution in [0.3, 0.4) is 0 Å². The van der Waals surface area contributed by atoms with E-state index in [-0.39, 0.29) is 9.88 Å². The Bertz CT molecular complexity index is 485. The fraction of sp³-hybridized carbons (Fsp3) is 0.455. The molecule has 0 spiro atoms. The van der Waals surface area contributed by atoms with E-state index in [1.807, 2.05) is 6.92 Å². The highest BCUT2D eigenvalue weighted by atomic mass is 32.1. The van der Waals surface area contributed by atoms with Gasteiger partial charge in [0.2, 0.25) is 0 Å². The van der Waals surface area contributed by atoms with Gasteiger partial charge in [0.15, 0.2) is 0 Å². The number of thiophene rings is 1. The third-order valence-electron chi connectivity index (χ3n) is 2.45. The number of unbranched alkanes of at least 4 members (excludes halogenated alkanes) is 1. The Labute approximate surface area is 113 Å². The van der Waals surface area contributed by atoms with Crippen LogP contribution in [-0.2, 0) is 4.79 Å². The van der Waals surface area contributed by atoms with Gasteiger partial charge in [0.1, 0.15) is 6.04 Å². The first-order chi connectivity index (χ1) is 8.95. The highest BCUT2D eigenvalue weighted by Gasteiger charge is 2.22. The Hall–Kier alpha value is -1.96. The summed E-state index contributed by atoms with van der Waals surface area (Å²) in [4.78, 5) is 32.8. The lowest BCUT2D eigenvalue weighted by molar-refractivity contribution is -0.380. The van der Waals surface area contributed by atoms with Crippen LogP contribution in [0.4, 0.5) is 5.00 Å². The molecule has 8 heteroatoms. The molecule has 0 aromatic carbocycles. The molecule has 0 saturated heterocycles. The largest absolute Gasteiger partial charge is 0.480 e. The molecule has 2 N–H and O–H groups in total. The summed E-state index contributed by atoms with van der Waals surface area (Å²) in [7, 11) is 0. The maximum absolute atomic E-state index is 11.8. The monoisotopic (exact) mass is 286 g/mol. The van der Waals surface area contributed by atoms with Crippen LogP contribution >= 0.6 is 11.3 Å². The first-order valence-corrected chi connectivity index (χ1v) is 6.55. The molecule has 104 valence electrons. The number of carboxylic acid groups (broad SMARTS) is 1. The van der Waals surface area contributed by atoms with Crippen LogP contribution < -0.4 is 5.32 Å². The molecule has 19 heavy (non-hydrogen) atoms. The van der Waals surface area contributed by atoms with Crippen LogP contribution in [0.1, 0.15) is 35.9 Å². The van der Waals surface area contributed by atoms with Gasteiger partial charge >= 0.3 is 11.0 Å². The number of amides is 1. The van der Waals surface area contributed by atoms with Crippen LogP contribution in [0.5, 0.6) is 0 Å². The SMILES string of the molecule is CCCCC(NC(=O)c1ccc([N+](=O)[O-])s1)C(=O)O. The molecule has 0 saturated carbocycles. The first-order valence-electron chi connectivity index (χ1n) is 5.73. The normalized spacial score (nSPS) is 11.8. The molecule has 0 bridgehead atoms. The average Bonchev–Trinajstić information content (AvgIpc) is 2.83. The van der Waals surface area contributed by atoms with E-state index in [9.17, 15) is 19.7 Å². The summed E-state index contributed by atoms with van der Waals surface area (Å²) in [5.41, 5.74) is 0. The van der Waals surface area contributed by atoms with Crippen molar-refractivity contribution < 1.29 is 19.6 Å². The van der Waals surface area contributed by atoms with E-state index in [0.29, 0.717) is 12.8 Å². The minimum absolute atomic E-state index is 0.134. The van der Waals surface area contributed by atoms with E-state index in [1.54, 1.807) is 0 Å². The summed E-state index contributed by atoms with van der Waals surface area (Å²) in [6.07, 6.45) is 1.84. The topological polar surface area (TPSA) is 110 Å². The predicted octanol–water partition coefficient (Wildman–Crippen LogP) is 2.03. The molecule has 1 atom stereocenters. The molecule has 0 radical (unpaired) electrons. The lowest BCUT2D eigenvalue weighted by Crippen LogP contribution is -2.40. The van der Waals surface area contributed by atoms with E-state index < -0.39 is 22.8 Å².